The quantitative estimate of drug-likeness (QED) is 0.923. The summed E-state index contributed by atoms with van der Waals surface area (Å²) in [6.45, 7) is 1.49. The van der Waals surface area contributed by atoms with E-state index in [4.69, 9.17) is 10.5 Å². The molecule has 0 saturated carbocycles. The Morgan fingerprint density at radius 1 is 1.30 bits per heavy atom. The number of aryl methyl sites for hydroxylation is 1. The van der Waals surface area contributed by atoms with Crippen LogP contribution in [0.3, 0.4) is 0 Å². The fraction of sp³-hybridized carbons (Fsp3) is 0.562. The molecule has 128 valence electrons. The number of nitrogens with two attached hydrogens (primary N) is 1. The van der Waals surface area contributed by atoms with Crippen molar-refractivity contribution in [2.24, 2.45) is 5.73 Å². The number of carbonyl (C=O) groups excluding carboxylic acids is 1. The first kappa shape index (κ1) is 17.6. The van der Waals surface area contributed by atoms with Gasteiger partial charge in [0.2, 0.25) is 0 Å². The highest BCUT2D eigenvalue weighted by molar-refractivity contribution is 5.78. The molecule has 2 rings (SSSR count). The van der Waals surface area contributed by atoms with Crippen molar-refractivity contribution in [3.63, 3.8) is 0 Å². The molecule has 1 heterocycles. The fourth-order valence-electron chi connectivity index (χ4n) is 2.66. The van der Waals surface area contributed by atoms with Crippen LogP contribution in [0.2, 0.25) is 0 Å². The molecule has 1 amide bonds. The molecule has 1 fully saturated rings. The molecule has 0 radical (unpaired) electrons. The number of likely N-dealkylation sites (tertiary alicyclic amines) is 1. The molecule has 4 nitrogen and oxygen atoms in total. The SMILES string of the molecule is CCc1ccc(OCC(=O)N2C[C@H](N)CC[C@H]2C(F)(F)F)cc1. The summed E-state index contributed by atoms with van der Waals surface area (Å²) in [7, 11) is 0. The van der Waals surface area contributed by atoms with Gasteiger partial charge >= 0.3 is 6.18 Å². The molecule has 1 aliphatic rings. The molecule has 23 heavy (non-hydrogen) atoms. The van der Waals surface area contributed by atoms with E-state index in [1.54, 1.807) is 12.1 Å². The minimum atomic E-state index is -4.45. The zero-order valence-corrected chi connectivity index (χ0v) is 13.0. The predicted octanol–water partition coefficient (Wildman–Crippen LogP) is 2.51. The standard InChI is InChI=1S/C16H21F3N2O2/c1-2-11-3-6-13(7-4-11)23-10-15(22)21-9-12(20)5-8-14(21)16(17,18)19/h3-4,6-7,12,14H,2,5,8-10,20H2,1H3/t12-,14+/m1/s1. The Morgan fingerprint density at radius 2 is 1.96 bits per heavy atom. The Hall–Kier alpha value is -1.76. The second kappa shape index (κ2) is 7.21. The molecule has 0 spiro atoms. The van der Waals surface area contributed by atoms with Crippen LogP contribution in [0.4, 0.5) is 13.2 Å². The Bertz CT molecular complexity index is 531. The van der Waals surface area contributed by atoms with Crippen molar-refractivity contribution >= 4 is 5.91 Å². The van der Waals surface area contributed by atoms with Crippen LogP contribution in [0.1, 0.15) is 25.3 Å². The number of benzene rings is 1. The third kappa shape index (κ3) is 4.60. The second-order valence-corrected chi connectivity index (χ2v) is 5.73. The monoisotopic (exact) mass is 330 g/mol. The van der Waals surface area contributed by atoms with Crippen molar-refractivity contribution in [3.8, 4) is 5.75 Å². The summed E-state index contributed by atoms with van der Waals surface area (Å²) >= 11 is 0. The summed E-state index contributed by atoms with van der Waals surface area (Å²) in [6, 6.07) is 4.91. The number of alkyl halides is 3. The molecular formula is C16H21F3N2O2. The lowest BCUT2D eigenvalue weighted by atomic mass is 9.98. The van der Waals surface area contributed by atoms with Crippen molar-refractivity contribution in [2.45, 2.75) is 44.4 Å². The van der Waals surface area contributed by atoms with Crippen LogP contribution in [0.5, 0.6) is 5.75 Å². The second-order valence-electron chi connectivity index (χ2n) is 5.73. The van der Waals surface area contributed by atoms with Gasteiger partial charge in [0.15, 0.2) is 6.61 Å². The Labute approximate surface area is 133 Å². The zero-order chi connectivity index (χ0) is 17.0. The molecule has 1 aromatic rings. The van der Waals surface area contributed by atoms with E-state index in [0.29, 0.717) is 5.75 Å². The summed E-state index contributed by atoms with van der Waals surface area (Å²) in [5, 5.41) is 0. The number of carbonyl (C=O) groups is 1. The minimum absolute atomic E-state index is 0.0961. The van der Waals surface area contributed by atoms with Gasteiger partial charge in [-0.15, -0.1) is 0 Å². The number of amides is 1. The largest absolute Gasteiger partial charge is 0.484 e. The van der Waals surface area contributed by atoms with Crippen molar-refractivity contribution in [1.82, 2.24) is 4.90 Å². The number of hydrogen-bond donors (Lipinski definition) is 1. The van der Waals surface area contributed by atoms with E-state index in [-0.39, 0.29) is 19.4 Å². The van der Waals surface area contributed by atoms with Crippen LogP contribution in [0.15, 0.2) is 24.3 Å². The zero-order valence-electron chi connectivity index (χ0n) is 13.0. The number of hydrogen-bond acceptors (Lipinski definition) is 3. The summed E-state index contributed by atoms with van der Waals surface area (Å²) in [4.78, 5) is 12.9. The van der Waals surface area contributed by atoms with Crippen molar-refractivity contribution in [1.29, 1.82) is 0 Å². The van der Waals surface area contributed by atoms with Gasteiger partial charge in [0.25, 0.3) is 5.91 Å². The van der Waals surface area contributed by atoms with Gasteiger partial charge in [0.1, 0.15) is 11.8 Å². The van der Waals surface area contributed by atoms with Gasteiger partial charge in [0, 0.05) is 12.6 Å². The molecule has 1 aliphatic heterocycles. The number of halogens is 3. The lowest BCUT2D eigenvalue weighted by Crippen LogP contribution is -2.57. The lowest BCUT2D eigenvalue weighted by Gasteiger charge is -2.39. The first-order valence-electron chi connectivity index (χ1n) is 7.64. The van der Waals surface area contributed by atoms with Gasteiger partial charge in [-0.1, -0.05) is 19.1 Å². The Kier molecular flexibility index (Phi) is 5.51. The van der Waals surface area contributed by atoms with Gasteiger partial charge < -0.3 is 15.4 Å². The van der Waals surface area contributed by atoms with E-state index in [9.17, 15) is 18.0 Å². The third-order valence-corrected chi connectivity index (χ3v) is 4.01. The van der Waals surface area contributed by atoms with Gasteiger partial charge in [-0.25, -0.2) is 0 Å². The molecule has 2 atom stereocenters. The predicted molar refractivity (Wildman–Crippen MR) is 80.1 cm³/mol. The average molecular weight is 330 g/mol. The summed E-state index contributed by atoms with van der Waals surface area (Å²) in [5.74, 6) is -0.234. The first-order valence-corrected chi connectivity index (χ1v) is 7.64. The molecule has 0 bridgehead atoms. The van der Waals surface area contributed by atoms with E-state index >= 15 is 0 Å². The number of nitrogens with zero attached hydrogens (tertiary/aromatic N) is 1. The molecule has 0 aliphatic carbocycles. The van der Waals surface area contributed by atoms with E-state index in [1.165, 1.54) is 0 Å². The van der Waals surface area contributed by atoms with Crippen LogP contribution >= 0.6 is 0 Å². The topological polar surface area (TPSA) is 55.6 Å². The van der Waals surface area contributed by atoms with Crippen LogP contribution in [-0.4, -0.2) is 42.2 Å². The normalized spacial score (nSPS) is 22.0. The smallest absolute Gasteiger partial charge is 0.408 e. The van der Waals surface area contributed by atoms with E-state index in [2.05, 4.69) is 0 Å². The maximum Gasteiger partial charge on any atom is 0.408 e. The highest BCUT2D eigenvalue weighted by Gasteiger charge is 2.47. The molecule has 0 unspecified atom stereocenters. The molecule has 1 saturated heterocycles. The summed E-state index contributed by atoms with van der Waals surface area (Å²) in [6.07, 6.45) is -3.48. The minimum Gasteiger partial charge on any atom is -0.484 e. The van der Waals surface area contributed by atoms with Crippen LogP contribution in [0.25, 0.3) is 0 Å². The summed E-state index contributed by atoms with van der Waals surface area (Å²) in [5.41, 5.74) is 6.82. The van der Waals surface area contributed by atoms with Gasteiger partial charge in [0.05, 0.1) is 0 Å². The Morgan fingerprint density at radius 3 is 2.52 bits per heavy atom. The molecular weight excluding hydrogens is 309 g/mol. The van der Waals surface area contributed by atoms with Gasteiger partial charge in [-0.05, 0) is 37.0 Å². The van der Waals surface area contributed by atoms with Gasteiger partial charge in [-0.2, -0.15) is 13.2 Å². The lowest BCUT2D eigenvalue weighted by molar-refractivity contribution is -0.197. The number of piperidine rings is 1. The van der Waals surface area contributed by atoms with Gasteiger partial charge in [-0.3, -0.25) is 4.79 Å². The van der Waals surface area contributed by atoms with Crippen LogP contribution in [0, 0.1) is 0 Å². The fourth-order valence-corrected chi connectivity index (χ4v) is 2.66. The maximum atomic E-state index is 13.0. The van der Waals surface area contributed by atoms with Crippen molar-refractivity contribution < 1.29 is 22.7 Å². The highest BCUT2D eigenvalue weighted by Crippen LogP contribution is 2.31. The molecule has 0 aromatic heterocycles. The number of rotatable bonds is 4. The average Bonchev–Trinajstić information content (AvgIpc) is 2.51. The van der Waals surface area contributed by atoms with Crippen molar-refractivity contribution in [3.05, 3.63) is 29.8 Å². The summed E-state index contributed by atoms with van der Waals surface area (Å²) < 4.78 is 44.5. The van der Waals surface area contributed by atoms with E-state index in [0.717, 1.165) is 16.9 Å². The Balaban J connectivity index is 1.99. The van der Waals surface area contributed by atoms with Crippen molar-refractivity contribution in [2.75, 3.05) is 13.2 Å². The van der Waals surface area contributed by atoms with E-state index < -0.39 is 30.8 Å². The first-order chi connectivity index (χ1) is 10.8. The molecule has 1 aromatic carbocycles. The van der Waals surface area contributed by atoms with Crippen LogP contribution in [-0.2, 0) is 11.2 Å². The third-order valence-electron chi connectivity index (χ3n) is 4.01. The molecule has 7 heteroatoms. The van der Waals surface area contributed by atoms with E-state index in [1.807, 2.05) is 19.1 Å². The maximum absolute atomic E-state index is 13.0. The number of ether oxygens (including phenoxy) is 1. The highest BCUT2D eigenvalue weighted by atomic mass is 19.4. The van der Waals surface area contributed by atoms with Crippen LogP contribution < -0.4 is 10.5 Å². The molecule has 2 N–H and O–H groups in total.